The predicted octanol–water partition coefficient (Wildman–Crippen LogP) is 3.11. The molecule has 0 bridgehead atoms. The van der Waals surface area contributed by atoms with E-state index in [-0.39, 0.29) is 17.8 Å². The molecule has 1 aliphatic carbocycles. The molecule has 1 N–H and O–H groups in total. The number of benzene rings is 1. The minimum absolute atomic E-state index is 0.0381. The molecule has 5 nitrogen and oxygen atoms in total. The molecule has 1 fully saturated rings. The van der Waals surface area contributed by atoms with Crippen LogP contribution in [-0.2, 0) is 0 Å². The van der Waals surface area contributed by atoms with E-state index in [4.69, 9.17) is 4.42 Å². The van der Waals surface area contributed by atoms with E-state index in [1.165, 1.54) is 19.3 Å². The number of aromatic nitrogens is 2. The number of nitrogens with zero attached hydrogens (tertiary/aromatic N) is 2. The lowest BCUT2D eigenvalue weighted by Crippen LogP contribution is -2.36. The van der Waals surface area contributed by atoms with Crippen LogP contribution in [0.15, 0.2) is 28.7 Å². The fraction of sp³-hybridized carbons (Fsp3) is 0.438. The van der Waals surface area contributed by atoms with Crippen molar-refractivity contribution >= 4 is 5.91 Å². The average Bonchev–Trinajstić information content (AvgIpc) is 2.99. The molecule has 3 rings (SSSR count). The van der Waals surface area contributed by atoms with Gasteiger partial charge in [-0.25, -0.2) is 0 Å². The van der Waals surface area contributed by atoms with E-state index in [2.05, 4.69) is 15.5 Å². The molecule has 0 unspecified atom stereocenters. The molecule has 1 heterocycles. The Kier molecular flexibility index (Phi) is 3.99. The summed E-state index contributed by atoms with van der Waals surface area (Å²) in [5.41, 5.74) is 1.98. The van der Waals surface area contributed by atoms with Crippen molar-refractivity contribution < 1.29 is 9.21 Å². The summed E-state index contributed by atoms with van der Waals surface area (Å²) in [6, 6.07) is 8.00. The van der Waals surface area contributed by atoms with Crippen molar-refractivity contribution in [2.24, 2.45) is 0 Å². The fourth-order valence-electron chi connectivity index (χ4n) is 2.62. The Labute approximate surface area is 123 Å². The molecule has 5 heteroatoms. The largest absolute Gasteiger partial charge is 0.412 e. The molecule has 1 aromatic heterocycles. The fourth-order valence-corrected chi connectivity index (χ4v) is 2.62. The number of amides is 1. The molecule has 1 saturated carbocycles. The summed E-state index contributed by atoms with van der Waals surface area (Å²) in [6.07, 6.45) is 5.66. The van der Waals surface area contributed by atoms with Gasteiger partial charge in [0.05, 0.1) is 0 Å². The smallest absolute Gasteiger partial charge is 0.309 e. The zero-order valence-corrected chi connectivity index (χ0v) is 12.1. The third-order valence-electron chi connectivity index (χ3n) is 3.86. The zero-order chi connectivity index (χ0) is 14.7. The quantitative estimate of drug-likeness (QED) is 0.940. The first kappa shape index (κ1) is 13.8. The second kappa shape index (κ2) is 6.08. The number of carbonyl (C=O) groups is 1. The highest BCUT2D eigenvalue weighted by atomic mass is 16.4. The molecule has 1 amide bonds. The van der Waals surface area contributed by atoms with Crippen LogP contribution in [0.25, 0.3) is 11.5 Å². The van der Waals surface area contributed by atoms with Crippen LogP contribution in [0.3, 0.4) is 0 Å². The topological polar surface area (TPSA) is 68.0 Å². The minimum atomic E-state index is -0.271. The lowest BCUT2D eigenvalue weighted by atomic mass is 9.95. The summed E-state index contributed by atoms with van der Waals surface area (Å²) < 4.78 is 5.48. The van der Waals surface area contributed by atoms with Gasteiger partial charge in [0.25, 0.3) is 0 Å². The van der Waals surface area contributed by atoms with Gasteiger partial charge >= 0.3 is 11.8 Å². The van der Waals surface area contributed by atoms with Gasteiger partial charge in [0, 0.05) is 11.6 Å². The third-order valence-corrected chi connectivity index (χ3v) is 3.86. The number of rotatable bonds is 3. The lowest BCUT2D eigenvalue weighted by molar-refractivity contribution is 0.0893. The lowest BCUT2D eigenvalue weighted by Gasteiger charge is -2.21. The molecule has 1 aromatic carbocycles. The van der Waals surface area contributed by atoms with E-state index < -0.39 is 0 Å². The second-order valence-corrected chi connectivity index (χ2v) is 5.59. The second-order valence-electron chi connectivity index (χ2n) is 5.59. The molecule has 0 radical (unpaired) electrons. The van der Waals surface area contributed by atoms with E-state index in [0.29, 0.717) is 5.89 Å². The van der Waals surface area contributed by atoms with E-state index in [9.17, 15) is 4.79 Å². The first-order valence-corrected chi connectivity index (χ1v) is 7.44. The number of aryl methyl sites for hydroxylation is 1. The maximum absolute atomic E-state index is 12.1. The van der Waals surface area contributed by atoms with Crippen LogP contribution in [-0.4, -0.2) is 22.1 Å². The molecule has 0 saturated heterocycles. The van der Waals surface area contributed by atoms with Gasteiger partial charge < -0.3 is 9.73 Å². The first-order valence-electron chi connectivity index (χ1n) is 7.44. The molecule has 2 aromatic rings. The van der Waals surface area contributed by atoms with Gasteiger partial charge in [-0.05, 0) is 31.9 Å². The standard InChI is InChI=1S/C16H19N3O2/c1-11-7-9-12(10-8-11)15-18-19-16(21-15)14(20)17-13-5-3-2-4-6-13/h7-10,13H,2-6H2,1H3,(H,17,20). The SMILES string of the molecule is Cc1ccc(-c2nnc(C(=O)NC3CCCCC3)o2)cc1. The monoisotopic (exact) mass is 285 g/mol. The van der Waals surface area contributed by atoms with Gasteiger partial charge in [-0.15, -0.1) is 10.2 Å². The van der Waals surface area contributed by atoms with Crippen molar-refractivity contribution in [3.05, 3.63) is 35.7 Å². The maximum Gasteiger partial charge on any atom is 0.309 e. The van der Waals surface area contributed by atoms with Crippen molar-refractivity contribution in [1.29, 1.82) is 0 Å². The number of hydrogen-bond acceptors (Lipinski definition) is 4. The van der Waals surface area contributed by atoms with Crippen LogP contribution in [0.2, 0.25) is 0 Å². The summed E-state index contributed by atoms with van der Waals surface area (Å²) in [6.45, 7) is 2.01. The summed E-state index contributed by atoms with van der Waals surface area (Å²) in [4.78, 5) is 12.1. The molecule has 110 valence electrons. The van der Waals surface area contributed by atoms with Crippen LogP contribution in [0.4, 0.5) is 0 Å². The van der Waals surface area contributed by atoms with E-state index in [1.54, 1.807) is 0 Å². The molecule has 0 spiro atoms. The average molecular weight is 285 g/mol. The van der Waals surface area contributed by atoms with Crippen molar-refractivity contribution in [3.8, 4) is 11.5 Å². The van der Waals surface area contributed by atoms with Crippen molar-refractivity contribution in [3.63, 3.8) is 0 Å². The van der Waals surface area contributed by atoms with E-state index in [1.807, 2.05) is 31.2 Å². The van der Waals surface area contributed by atoms with Gasteiger partial charge in [-0.1, -0.05) is 37.0 Å². The molecule has 1 aliphatic rings. The molecule has 0 aliphatic heterocycles. The van der Waals surface area contributed by atoms with E-state index >= 15 is 0 Å². The van der Waals surface area contributed by atoms with Crippen LogP contribution in [0, 0.1) is 6.92 Å². The zero-order valence-electron chi connectivity index (χ0n) is 12.1. The van der Waals surface area contributed by atoms with Gasteiger partial charge in [0.2, 0.25) is 5.89 Å². The van der Waals surface area contributed by atoms with Crippen LogP contribution >= 0.6 is 0 Å². The summed E-state index contributed by atoms with van der Waals surface area (Å²) in [5.74, 6) is 0.146. The molecule has 0 atom stereocenters. The van der Waals surface area contributed by atoms with Gasteiger partial charge in [0.15, 0.2) is 0 Å². The highest BCUT2D eigenvalue weighted by Gasteiger charge is 2.21. The van der Waals surface area contributed by atoms with Crippen LogP contribution in [0.5, 0.6) is 0 Å². The molecular formula is C16H19N3O2. The summed E-state index contributed by atoms with van der Waals surface area (Å²) in [5, 5.41) is 10.8. The van der Waals surface area contributed by atoms with Crippen LogP contribution in [0.1, 0.15) is 48.4 Å². The first-order chi connectivity index (χ1) is 10.2. The Balaban J connectivity index is 1.69. The third kappa shape index (κ3) is 3.29. The van der Waals surface area contributed by atoms with E-state index in [0.717, 1.165) is 24.0 Å². The van der Waals surface area contributed by atoms with Crippen molar-refractivity contribution in [1.82, 2.24) is 15.5 Å². The number of hydrogen-bond donors (Lipinski definition) is 1. The van der Waals surface area contributed by atoms with Crippen molar-refractivity contribution in [2.75, 3.05) is 0 Å². The highest BCUT2D eigenvalue weighted by Crippen LogP contribution is 2.20. The minimum Gasteiger partial charge on any atom is -0.412 e. The highest BCUT2D eigenvalue weighted by molar-refractivity contribution is 5.89. The van der Waals surface area contributed by atoms with Gasteiger partial charge in [-0.3, -0.25) is 4.79 Å². The maximum atomic E-state index is 12.1. The number of carbonyl (C=O) groups excluding carboxylic acids is 1. The Bertz CT molecular complexity index is 613. The molecular weight excluding hydrogens is 266 g/mol. The Morgan fingerprint density at radius 2 is 1.86 bits per heavy atom. The van der Waals surface area contributed by atoms with Gasteiger partial charge in [-0.2, -0.15) is 0 Å². The normalized spacial score (nSPS) is 15.9. The Hall–Kier alpha value is -2.17. The van der Waals surface area contributed by atoms with Gasteiger partial charge in [0.1, 0.15) is 0 Å². The summed E-state index contributed by atoms with van der Waals surface area (Å²) in [7, 11) is 0. The number of nitrogens with one attached hydrogen (secondary N) is 1. The molecule has 21 heavy (non-hydrogen) atoms. The Morgan fingerprint density at radius 1 is 1.14 bits per heavy atom. The van der Waals surface area contributed by atoms with Crippen LogP contribution < -0.4 is 5.32 Å². The summed E-state index contributed by atoms with van der Waals surface area (Å²) >= 11 is 0. The van der Waals surface area contributed by atoms with Crippen molar-refractivity contribution in [2.45, 2.75) is 45.1 Å². The predicted molar refractivity (Wildman–Crippen MR) is 78.8 cm³/mol. The Morgan fingerprint density at radius 3 is 2.57 bits per heavy atom.